The number of carbonyl (C=O) groups excluding carboxylic acids is 2. The van der Waals surface area contributed by atoms with Crippen LogP contribution in [0.4, 0.5) is 0 Å². The molecule has 0 aliphatic carbocycles. The third kappa shape index (κ3) is 6.01. The van der Waals surface area contributed by atoms with E-state index in [1.807, 2.05) is 0 Å². The monoisotopic (exact) mass is 496 g/mol. The molecule has 12 heteroatoms. The maximum atomic E-state index is 12.7. The molecule has 3 heterocycles. The van der Waals surface area contributed by atoms with Gasteiger partial charge >= 0.3 is 0 Å². The Morgan fingerprint density at radius 2 is 1.09 bits per heavy atom. The first-order valence-electron chi connectivity index (χ1n) is 10.5. The van der Waals surface area contributed by atoms with Gasteiger partial charge in [0.15, 0.2) is 0 Å². The van der Waals surface area contributed by atoms with Crippen molar-refractivity contribution in [2.75, 3.05) is 37.7 Å². The highest BCUT2D eigenvalue weighted by molar-refractivity contribution is 8.00. The molecule has 0 radical (unpaired) electrons. The molecule has 2 aromatic heterocycles. The Balaban J connectivity index is 1.51. The zero-order valence-corrected chi connectivity index (χ0v) is 21.1. The van der Waals surface area contributed by atoms with Gasteiger partial charge < -0.3 is 9.80 Å². The Morgan fingerprint density at radius 3 is 1.41 bits per heavy atom. The molecule has 0 atom stereocenters. The first-order chi connectivity index (χ1) is 16.2. The van der Waals surface area contributed by atoms with Crippen LogP contribution in [0.2, 0.25) is 0 Å². The third-order valence-electron chi connectivity index (χ3n) is 5.21. The molecule has 3 rings (SSSR count). The Morgan fingerprint density at radius 1 is 0.735 bits per heavy atom. The minimum Gasteiger partial charge on any atom is -0.338 e. The number of hydrogen-bond acceptors (Lipinski definition) is 10. The highest BCUT2D eigenvalue weighted by Crippen LogP contribution is 2.24. The minimum absolute atomic E-state index is 0.0603. The summed E-state index contributed by atoms with van der Waals surface area (Å²) in [6.07, 6.45) is 0. The molecule has 1 saturated heterocycles. The minimum atomic E-state index is -0.0603. The first kappa shape index (κ1) is 25.4. The van der Waals surface area contributed by atoms with Crippen molar-refractivity contribution in [3.8, 4) is 12.1 Å². The molecule has 0 spiro atoms. The average molecular weight is 497 g/mol. The van der Waals surface area contributed by atoms with E-state index in [9.17, 15) is 20.1 Å². The van der Waals surface area contributed by atoms with E-state index in [2.05, 4.69) is 32.1 Å². The summed E-state index contributed by atoms with van der Waals surface area (Å²) < 4.78 is 0. The fraction of sp³-hybridized carbons (Fsp3) is 0.455. The number of nitriles is 2. The van der Waals surface area contributed by atoms with Gasteiger partial charge in [0, 0.05) is 26.2 Å². The van der Waals surface area contributed by atoms with Gasteiger partial charge in [-0.1, -0.05) is 23.5 Å². The van der Waals surface area contributed by atoms with E-state index in [1.54, 1.807) is 37.5 Å². The number of piperazine rings is 1. The smallest absolute Gasteiger partial charge is 0.233 e. The fourth-order valence-corrected chi connectivity index (χ4v) is 5.43. The zero-order valence-electron chi connectivity index (χ0n) is 19.5. The van der Waals surface area contributed by atoms with Crippen LogP contribution in [0, 0.1) is 50.4 Å². The largest absolute Gasteiger partial charge is 0.338 e. The van der Waals surface area contributed by atoms with Gasteiger partial charge in [0.1, 0.15) is 45.0 Å². The summed E-state index contributed by atoms with van der Waals surface area (Å²) in [6, 6.07) is 4.21. The first-order valence-corrected chi connectivity index (χ1v) is 12.5. The zero-order chi connectivity index (χ0) is 24.8. The van der Waals surface area contributed by atoms with E-state index in [0.29, 0.717) is 70.4 Å². The van der Waals surface area contributed by atoms with Crippen LogP contribution in [0.3, 0.4) is 0 Å². The van der Waals surface area contributed by atoms with Gasteiger partial charge in [-0.2, -0.15) is 10.5 Å². The maximum absolute atomic E-state index is 12.7. The van der Waals surface area contributed by atoms with Crippen LogP contribution >= 0.6 is 23.5 Å². The van der Waals surface area contributed by atoms with E-state index in [-0.39, 0.29) is 23.3 Å². The summed E-state index contributed by atoms with van der Waals surface area (Å²) in [7, 11) is 0. The van der Waals surface area contributed by atoms with Crippen molar-refractivity contribution in [1.82, 2.24) is 29.7 Å². The van der Waals surface area contributed by atoms with Crippen LogP contribution < -0.4 is 0 Å². The molecule has 34 heavy (non-hydrogen) atoms. The Labute approximate surface area is 206 Å². The number of aryl methyl sites for hydroxylation is 4. The second kappa shape index (κ2) is 11.3. The van der Waals surface area contributed by atoms with Crippen LogP contribution in [0.25, 0.3) is 0 Å². The van der Waals surface area contributed by atoms with Gasteiger partial charge in [-0.05, 0) is 27.7 Å². The fourth-order valence-electron chi connectivity index (χ4n) is 3.48. The predicted octanol–water partition coefficient (Wildman–Crippen LogP) is 1.80. The van der Waals surface area contributed by atoms with Crippen molar-refractivity contribution in [2.24, 2.45) is 0 Å². The highest BCUT2D eigenvalue weighted by Gasteiger charge is 2.25. The lowest BCUT2D eigenvalue weighted by molar-refractivity contribution is -0.136. The summed E-state index contributed by atoms with van der Waals surface area (Å²) in [5, 5.41) is 19.7. The van der Waals surface area contributed by atoms with Crippen LogP contribution in [0.1, 0.15) is 34.2 Å². The Kier molecular flexibility index (Phi) is 8.42. The summed E-state index contributed by atoms with van der Waals surface area (Å²) in [6.45, 7) is 8.78. The second-order valence-corrected chi connectivity index (χ2v) is 9.56. The van der Waals surface area contributed by atoms with Crippen molar-refractivity contribution in [1.29, 1.82) is 10.5 Å². The van der Waals surface area contributed by atoms with Crippen LogP contribution in [-0.2, 0) is 9.59 Å². The molecule has 10 nitrogen and oxygen atoms in total. The number of amides is 2. The van der Waals surface area contributed by atoms with E-state index in [0.717, 1.165) is 0 Å². The van der Waals surface area contributed by atoms with Crippen molar-refractivity contribution in [2.45, 2.75) is 37.7 Å². The Hall–Kier alpha value is -3.22. The molecule has 1 fully saturated rings. The molecule has 0 saturated carbocycles. The molecule has 0 aromatic carbocycles. The summed E-state index contributed by atoms with van der Waals surface area (Å²) in [5.41, 5.74) is 1.99. The van der Waals surface area contributed by atoms with E-state index >= 15 is 0 Å². The second-order valence-electron chi connectivity index (χ2n) is 7.64. The number of aromatic nitrogens is 4. The number of thioether (sulfide) groups is 2. The molecule has 0 unspecified atom stereocenters. The quantitative estimate of drug-likeness (QED) is 0.429. The summed E-state index contributed by atoms with van der Waals surface area (Å²) >= 11 is 2.47. The molecular weight excluding hydrogens is 472 g/mol. The molecule has 0 bridgehead atoms. The lowest BCUT2D eigenvalue weighted by Gasteiger charge is -2.34. The van der Waals surface area contributed by atoms with Gasteiger partial charge in [-0.15, -0.1) is 0 Å². The van der Waals surface area contributed by atoms with Crippen LogP contribution in [-0.4, -0.2) is 79.2 Å². The number of carbonyl (C=O) groups is 2. The standard InChI is InChI=1S/C22H24N8O2S2/c1-13-17(9-23)21(27-15(3)25-13)33-11-19(31)29-5-7-30(8-6-29)20(32)12-34-22-18(10-24)14(2)26-16(4)28-22/h5-8,11-12H2,1-4H3. The van der Waals surface area contributed by atoms with Gasteiger partial charge in [-0.3, -0.25) is 9.59 Å². The van der Waals surface area contributed by atoms with Crippen molar-refractivity contribution >= 4 is 35.3 Å². The lowest BCUT2D eigenvalue weighted by atomic mass is 10.3. The van der Waals surface area contributed by atoms with Gasteiger partial charge in [0.2, 0.25) is 11.8 Å². The van der Waals surface area contributed by atoms with Crippen LogP contribution in [0.15, 0.2) is 10.1 Å². The molecule has 176 valence electrons. The van der Waals surface area contributed by atoms with E-state index in [4.69, 9.17) is 0 Å². The number of rotatable bonds is 6. The summed E-state index contributed by atoms with van der Waals surface area (Å²) in [4.78, 5) is 45.8. The van der Waals surface area contributed by atoms with Crippen LogP contribution in [0.5, 0.6) is 0 Å². The molecule has 2 amide bonds. The highest BCUT2D eigenvalue weighted by atomic mass is 32.2. The lowest BCUT2D eigenvalue weighted by Crippen LogP contribution is -2.51. The maximum Gasteiger partial charge on any atom is 0.233 e. The molecule has 1 aliphatic rings. The van der Waals surface area contributed by atoms with Crippen molar-refractivity contribution < 1.29 is 9.59 Å². The normalized spacial score (nSPS) is 13.4. The summed E-state index contributed by atoms with van der Waals surface area (Å²) in [5.74, 6) is 1.33. The predicted molar refractivity (Wildman–Crippen MR) is 127 cm³/mol. The number of hydrogen-bond donors (Lipinski definition) is 0. The number of nitrogens with zero attached hydrogens (tertiary/aromatic N) is 8. The Bertz CT molecular complexity index is 1100. The average Bonchev–Trinajstić information content (AvgIpc) is 2.80. The van der Waals surface area contributed by atoms with Gasteiger partial charge in [-0.25, -0.2) is 19.9 Å². The topological polar surface area (TPSA) is 140 Å². The van der Waals surface area contributed by atoms with Crippen molar-refractivity contribution in [3.63, 3.8) is 0 Å². The van der Waals surface area contributed by atoms with Crippen molar-refractivity contribution in [3.05, 3.63) is 34.2 Å². The molecule has 1 aliphatic heterocycles. The molecule has 2 aromatic rings. The molecular formula is C22H24N8O2S2. The van der Waals surface area contributed by atoms with E-state index < -0.39 is 0 Å². The SMILES string of the molecule is Cc1nc(C)c(C#N)c(SCC(=O)N2CCN(C(=O)CSc3nc(C)nc(C)c3C#N)CC2)n1. The third-order valence-corrected chi connectivity index (χ3v) is 7.13. The molecule has 0 N–H and O–H groups in total. The van der Waals surface area contributed by atoms with Gasteiger partial charge in [0.25, 0.3) is 0 Å². The van der Waals surface area contributed by atoms with Gasteiger partial charge in [0.05, 0.1) is 22.9 Å². The van der Waals surface area contributed by atoms with E-state index in [1.165, 1.54) is 23.5 Å².